The molecule has 0 aliphatic rings. The van der Waals surface area contributed by atoms with Gasteiger partial charge in [-0.15, -0.1) is 17.9 Å². The van der Waals surface area contributed by atoms with Gasteiger partial charge in [0.2, 0.25) is 15.9 Å². The first-order valence-corrected chi connectivity index (χ1v) is 10.0. The van der Waals surface area contributed by atoms with Gasteiger partial charge in [0, 0.05) is 11.4 Å². The van der Waals surface area contributed by atoms with Gasteiger partial charge in [-0.1, -0.05) is 18.2 Å². The van der Waals surface area contributed by atoms with Crippen molar-refractivity contribution in [3.63, 3.8) is 0 Å². The van der Waals surface area contributed by atoms with Gasteiger partial charge in [-0.3, -0.25) is 4.79 Å². The summed E-state index contributed by atoms with van der Waals surface area (Å²) >= 11 is 1.43. The monoisotopic (exact) mass is 418 g/mol. The molecule has 1 aromatic heterocycles. The van der Waals surface area contributed by atoms with Crippen LogP contribution in [0.1, 0.15) is 10.4 Å². The number of halogens is 3. The van der Waals surface area contributed by atoms with E-state index in [0.717, 1.165) is 27.4 Å². The molecule has 146 valence electrons. The minimum atomic E-state index is -4.67. The fourth-order valence-electron chi connectivity index (χ4n) is 2.19. The van der Waals surface area contributed by atoms with Gasteiger partial charge < -0.3 is 5.32 Å². The maximum absolute atomic E-state index is 12.9. The molecule has 2 aromatic rings. The predicted molar refractivity (Wildman–Crippen MR) is 96.6 cm³/mol. The van der Waals surface area contributed by atoms with E-state index in [9.17, 15) is 26.4 Å². The Kier molecular flexibility index (Phi) is 6.79. The van der Waals surface area contributed by atoms with Gasteiger partial charge in [-0.05, 0) is 29.6 Å². The second-order valence-electron chi connectivity index (χ2n) is 5.47. The Morgan fingerprint density at radius 2 is 2.00 bits per heavy atom. The van der Waals surface area contributed by atoms with Gasteiger partial charge in [0.15, 0.2) is 0 Å². The molecular weight excluding hydrogens is 401 g/mol. The molecule has 0 fully saturated rings. The van der Waals surface area contributed by atoms with Gasteiger partial charge in [0.25, 0.3) is 0 Å². The maximum Gasteiger partial charge on any atom is 0.416 e. The first-order valence-electron chi connectivity index (χ1n) is 7.72. The summed E-state index contributed by atoms with van der Waals surface area (Å²) < 4.78 is 64.8. The third-order valence-electron chi connectivity index (χ3n) is 3.49. The molecule has 0 saturated carbocycles. The van der Waals surface area contributed by atoms with E-state index >= 15 is 0 Å². The van der Waals surface area contributed by atoms with E-state index in [-0.39, 0.29) is 13.1 Å². The van der Waals surface area contributed by atoms with Crippen LogP contribution in [0.4, 0.5) is 13.2 Å². The lowest BCUT2D eigenvalue weighted by molar-refractivity contribution is -0.137. The number of carbonyl (C=O) groups is 1. The summed E-state index contributed by atoms with van der Waals surface area (Å²) in [7, 11) is -4.31. The molecule has 0 radical (unpaired) electrons. The minimum absolute atomic E-state index is 0.217. The molecule has 0 spiro atoms. The van der Waals surface area contributed by atoms with Crippen LogP contribution in [0, 0.1) is 0 Å². The van der Waals surface area contributed by atoms with Gasteiger partial charge in [0.05, 0.1) is 23.5 Å². The number of alkyl halides is 3. The molecule has 0 aliphatic carbocycles. The molecule has 1 amide bonds. The molecule has 1 N–H and O–H groups in total. The van der Waals surface area contributed by atoms with Crippen molar-refractivity contribution in [1.29, 1.82) is 0 Å². The summed E-state index contributed by atoms with van der Waals surface area (Å²) in [6.07, 6.45) is -3.41. The normalized spacial score (nSPS) is 12.1. The third-order valence-corrected chi connectivity index (χ3v) is 6.18. The average Bonchev–Trinajstić information content (AvgIpc) is 3.12. The standard InChI is InChI=1S/C17H17F3N2O3S2/c1-2-8-22(12-16(23)21-11-14-6-4-9-26-14)27(24,25)15-7-3-5-13(10-15)17(18,19)20/h2-7,9-10H,1,8,11-12H2,(H,21,23). The van der Waals surface area contributed by atoms with Crippen LogP contribution in [0.25, 0.3) is 0 Å². The summed E-state index contributed by atoms with van der Waals surface area (Å²) in [6.45, 7) is 2.93. The summed E-state index contributed by atoms with van der Waals surface area (Å²) in [5.41, 5.74) is -1.08. The summed E-state index contributed by atoms with van der Waals surface area (Å²) in [6, 6.07) is 7.03. The highest BCUT2D eigenvalue weighted by Gasteiger charge is 2.33. The van der Waals surface area contributed by atoms with E-state index in [4.69, 9.17) is 0 Å². The van der Waals surface area contributed by atoms with Crippen molar-refractivity contribution in [1.82, 2.24) is 9.62 Å². The SMILES string of the molecule is C=CCN(CC(=O)NCc1cccs1)S(=O)(=O)c1cccc(C(F)(F)F)c1. The Balaban J connectivity index is 2.18. The first kappa shape index (κ1) is 21.1. The van der Waals surface area contributed by atoms with Gasteiger partial charge in [-0.2, -0.15) is 17.5 Å². The molecule has 2 rings (SSSR count). The van der Waals surface area contributed by atoms with Crippen molar-refractivity contribution in [2.45, 2.75) is 17.6 Å². The van der Waals surface area contributed by atoms with Crippen molar-refractivity contribution in [2.75, 3.05) is 13.1 Å². The lowest BCUT2D eigenvalue weighted by Gasteiger charge is -2.21. The zero-order valence-corrected chi connectivity index (χ0v) is 15.7. The largest absolute Gasteiger partial charge is 0.416 e. The Labute approximate surface area is 159 Å². The average molecular weight is 418 g/mol. The quantitative estimate of drug-likeness (QED) is 0.670. The molecule has 5 nitrogen and oxygen atoms in total. The zero-order chi connectivity index (χ0) is 20.1. The molecule has 1 heterocycles. The maximum atomic E-state index is 12.9. The van der Waals surface area contributed by atoms with Crippen molar-refractivity contribution < 1.29 is 26.4 Å². The summed E-state index contributed by atoms with van der Waals surface area (Å²) in [5, 5.41) is 4.42. The van der Waals surface area contributed by atoms with E-state index in [1.54, 1.807) is 0 Å². The number of amides is 1. The lowest BCUT2D eigenvalue weighted by atomic mass is 10.2. The van der Waals surface area contributed by atoms with Crippen LogP contribution >= 0.6 is 11.3 Å². The number of thiophene rings is 1. The Morgan fingerprint density at radius 1 is 1.26 bits per heavy atom. The van der Waals surface area contributed by atoms with Crippen molar-refractivity contribution >= 4 is 27.3 Å². The van der Waals surface area contributed by atoms with Crippen LogP contribution in [0.15, 0.2) is 59.3 Å². The van der Waals surface area contributed by atoms with E-state index in [1.807, 2.05) is 17.5 Å². The number of hydrogen-bond donors (Lipinski definition) is 1. The molecule has 10 heteroatoms. The third kappa shape index (κ3) is 5.65. The van der Waals surface area contributed by atoms with Crippen molar-refractivity contribution in [2.24, 2.45) is 0 Å². The van der Waals surface area contributed by atoms with Crippen LogP contribution in [0.3, 0.4) is 0 Å². The van der Waals surface area contributed by atoms with Crippen LogP contribution < -0.4 is 5.32 Å². The highest BCUT2D eigenvalue weighted by molar-refractivity contribution is 7.89. The number of sulfonamides is 1. The van der Waals surface area contributed by atoms with E-state index < -0.39 is 39.1 Å². The molecular formula is C17H17F3N2O3S2. The van der Waals surface area contributed by atoms with Crippen molar-refractivity contribution in [3.05, 3.63) is 64.9 Å². The second kappa shape index (κ2) is 8.68. The van der Waals surface area contributed by atoms with E-state index in [1.165, 1.54) is 17.4 Å². The highest BCUT2D eigenvalue weighted by atomic mass is 32.2. The van der Waals surface area contributed by atoms with Crippen LogP contribution in [0.2, 0.25) is 0 Å². The van der Waals surface area contributed by atoms with Gasteiger partial charge in [-0.25, -0.2) is 8.42 Å². The van der Waals surface area contributed by atoms with Gasteiger partial charge in [0.1, 0.15) is 0 Å². The fourth-order valence-corrected chi connectivity index (χ4v) is 4.25. The van der Waals surface area contributed by atoms with E-state index in [0.29, 0.717) is 6.07 Å². The molecule has 0 saturated heterocycles. The lowest BCUT2D eigenvalue weighted by Crippen LogP contribution is -2.40. The number of nitrogens with zero attached hydrogens (tertiary/aromatic N) is 1. The topological polar surface area (TPSA) is 66.5 Å². The number of benzene rings is 1. The number of rotatable bonds is 8. The Morgan fingerprint density at radius 3 is 2.59 bits per heavy atom. The van der Waals surface area contributed by atoms with Crippen molar-refractivity contribution in [3.8, 4) is 0 Å². The Hall–Kier alpha value is -2.17. The highest BCUT2D eigenvalue weighted by Crippen LogP contribution is 2.31. The number of carbonyl (C=O) groups excluding carboxylic acids is 1. The Bertz CT molecular complexity index is 894. The van der Waals surface area contributed by atoms with Gasteiger partial charge >= 0.3 is 6.18 Å². The molecule has 0 aliphatic heterocycles. The first-order chi connectivity index (χ1) is 12.6. The number of nitrogens with one attached hydrogen (secondary N) is 1. The predicted octanol–water partition coefficient (Wildman–Crippen LogP) is 3.26. The smallest absolute Gasteiger partial charge is 0.350 e. The number of hydrogen-bond acceptors (Lipinski definition) is 4. The van der Waals surface area contributed by atoms with E-state index in [2.05, 4.69) is 11.9 Å². The molecule has 0 unspecified atom stereocenters. The molecule has 0 atom stereocenters. The summed E-state index contributed by atoms with van der Waals surface area (Å²) in [5.74, 6) is -0.569. The second-order valence-corrected chi connectivity index (χ2v) is 8.44. The molecule has 27 heavy (non-hydrogen) atoms. The summed E-state index contributed by atoms with van der Waals surface area (Å²) in [4.78, 5) is 12.5. The molecule has 1 aromatic carbocycles. The van der Waals surface area contributed by atoms with Crippen LogP contribution in [-0.2, 0) is 27.5 Å². The van der Waals surface area contributed by atoms with Crippen LogP contribution in [0.5, 0.6) is 0 Å². The zero-order valence-electron chi connectivity index (χ0n) is 14.1. The molecule has 0 bridgehead atoms. The fraction of sp³-hybridized carbons (Fsp3) is 0.235. The minimum Gasteiger partial charge on any atom is -0.350 e. The van der Waals surface area contributed by atoms with Crippen LogP contribution in [-0.4, -0.2) is 31.7 Å².